The highest BCUT2D eigenvalue weighted by Gasteiger charge is 2.36. The Hall–Kier alpha value is -2.42. The van der Waals surface area contributed by atoms with E-state index < -0.39 is 5.60 Å². The second kappa shape index (κ2) is 8.08. The lowest BCUT2D eigenvalue weighted by Gasteiger charge is -2.42. The van der Waals surface area contributed by atoms with Crippen LogP contribution < -0.4 is 0 Å². The van der Waals surface area contributed by atoms with Crippen LogP contribution in [0.1, 0.15) is 35.6 Å². The maximum absolute atomic E-state index is 11.2. The second-order valence-corrected chi connectivity index (χ2v) is 7.55. The van der Waals surface area contributed by atoms with Crippen LogP contribution >= 0.6 is 0 Å². The van der Waals surface area contributed by atoms with Crippen molar-refractivity contribution in [2.45, 2.75) is 30.9 Å². The van der Waals surface area contributed by atoms with Crippen LogP contribution in [0, 0.1) is 0 Å². The van der Waals surface area contributed by atoms with Gasteiger partial charge in [0.2, 0.25) is 0 Å². The number of hydrogen-bond donors (Lipinski definition) is 1. The van der Waals surface area contributed by atoms with Gasteiger partial charge in [0.25, 0.3) is 0 Å². The third-order valence-corrected chi connectivity index (χ3v) is 5.83. The summed E-state index contributed by atoms with van der Waals surface area (Å²) in [6.07, 6.45) is 2.54. The molecule has 2 heteroatoms. The smallest absolute Gasteiger partial charge is 0.0920 e. The Bertz CT molecular complexity index is 824. The fourth-order valence-electron chi connectivity index (χ4n) is 4.21. The van der Waals surface area contributed by atoms with E-state index in [0.717, 1.165) is 37.9 Å². The van der Waals surface area contributed by atoms with E-state index in [1.807, 2.05) is 30.3 Å². The average molecular weight is 357 g/mol. The fraction of sp³-hybridized carbons (Fsp3) is 0.280. The largest absolute Gasteiger partial charge is 0.385 e. The molecule has 0 bridgehead atoms. The molecule has 3 aromatic rings. The molecule has 1 fully saturated rings. The van der Waals surface area contributed by atoms with E-state index in [9.17, 15) is 5.11 Å². The standard InChI is InChI=1S/C25H27NO/c27-25(23-14-8-3-9-15-23)16-18-26(19-17-25)24(22-12-6-2-7-13-22)20-21-10-4-1-5-11-21/h1-15,24,27H,16-20H2. The fourth-order valence-corrected chi connectivity index (χ4v) is 4.21. The molecule has 1 aliphatic heterocycles. The summed E-state index contributed by atoms with van der Waals surface area (Å²) in [6, 6.07) is 32.0. The second-order valence-electron chi connectivity index (χ2n) is 7.55. The van der Waals surface area contributed by atoms with E-state index in [1.165, 1.54) is 11.1 Å². The molecule has 1 saturated heterocycles. The third kappa shape index (κ3) is 4.13. The Morgan fingerprint density at radius 3 is 1.85 bits per heavy atom. The molecule has 0 spiro atoms. The van der Waals surface area contributed by atoms with Gasteiger partial charge in [0, 0.05) is 19.1 Å². The minimum absolute atomic E-state index is 0.342. The van der Waals surface area contributed by atoms with E-state index in [0.29, 0.717) is 6.04 Å². The summed E-state index contributed by atoms with van der Waals surface area (Å²) in [6.45, 7) is 1.80. The van der Waals surface area contributed by atoms with Gasteiger partial charge < -0.3 is 5.11 Å². The molecule has 1 atom stereocenters. The average Bonchev–Trinajstić information content (AvgIpc) is 2.75. The van der Waals surface area contributed by atoms with Crippen LogP contribution in [-0.2, 0) is 12.0 Å². The van der Waals surface area contributed by atoms with E-state index in [2.05, 4.69) is 65.6 Å². The van der Waals surface area contributed by atoms with E-state index in [4.69, 9.17) is 0 Å². The SMILES string of the molecule is OC1(c2ccccc2)CCN(C(Cc2ccccc2)c2ccccc2)CC1. The monoisotopic (exact) mass is 357 g/mol. The van der Waals surface area contributed by atoms with Gasteiger partial charge in [-0.25, -0.2) is 0 Å². The molecule has 1 N–H and O–H groups in total. The Morgan fingerprint density at radius 2 is 1.26 bits per heavy atom. The summed E-state index contributed by atoms with van der Waals surface area (Å²) >= 11 is 0. The Balaban J connectivity index is 1.53. The van der Waals surface area contributed by atoms with Gasteiger partial charge in [0.1, 0.15) is 0 Å². The molecule has 0 aliphatic carbocycles. The minimum Gasteiger partial charge on any atom is -0.385 e. The van der Waals surface area contributed by atoms with Crippen molar-refractivity contribution in [2.24, 2.45) is 0 Å². The Labute approximate surface area is 162 Å². The molecule has 3 aromatic carbocycles. The maximum atomic E-state index is 11.2. The van der Waals surface area contributed by atoms with Crippen molar-refractivity contribution in [3.63, 3.8) is 0 Å². The number of benzene rings is 3. The van der Waals surface area contributed by atoms with Gasteiger partial charge >= 0.3 is 0 Å². The maximum Gasteiger partial charge on any atom is 0.0920 e. The lowest BCUT2D eigenvalue weighted by atomic mass is 9.83. The number of hydrogen-bond acceptors (Lipinski definition) is 2. The Kier molecular flexibility index (Phi) is 5.38. The molecular formula is C25H27NO. The first kappa shape index (κ1) is 18.0. The van der Waals surface area contributed by atoms with Gasteiger partial charge in [-0.3, -0.25) is 4.90 Å². The molecule has 0 amide bonds. The van der Waals surface area contributed by atoms with Gasteiger partial charge in [0.05, 0.1) is 5.60 Å². The summed E-state index contributed by atoms with van der Waals surface area (Å²) < 4.78 is 0. The topological polar surface area (TPSA) is 23.5 Å². The molecule has 1 unspecified atom stereocenters. The van der Waals surface area contributed by atoms with Crippen molar-refractivity contribution in [3.05, 3.63) is 108 Å². The molecule has 0 radical (unpaired) electrons. The van der Waals surface area contributed by atoms with Crippen LogP contribution in [0.25, 0.3) is 0 Å². The zero-order chi connectivity index (χ0) is 18.5. The van der Waals surface area contributed by atoms with E-state index in [-0.39, 0.29) is 0 Å². The number of nitrogens with zero attached hydrogens (tertiary/aromatic N) is 1. The number of piperidine rings is 1. The summed E-state index contributed by atoms with van der Waals surface area (Å²) in [4.78, 5) is 2.54. The molecule has 0 aromatic heterocycles. The van der Waals surface area contributed by atoms with Crippen LogP contribution in [0.5, 0.6) is 0 Å². The number of likely N-dealkylation sites (tertiary alicyclic amines) is 1. The van der Waals surface area contributed by atoms with E-state index >= 15 is 0 Å². The first-order valence-corrected chi connectivity index (χ1v) is 9.85. The highest BCUT2D eigenvalue weighted by molar-refractivity contribution is 5.26. The molecule has 27 heavy (non-hydrogen) atoms. The van der Waals surface area contributed by atoms with Gasteiger partial charge in [-0.05, 0) is 36.0 Å². The predicted molar refractivity (Wildman–Crippen MR) is 110 cm³/mol. The predicted octanol–water partition coefficient (Wildman–Crippen LogP) is 4.95. The van der Waals surface area contributed by atoms with Crippen LogP contribution in [-0.4, -0.2) is 23.1 Å². The van der Waals surface area contributed by atoms with Crippen molar-refractivity contribution in [2.75, 3.05) is 13.1 Å². The molecule has 2 nitrogen and oxygen atoms in total. The lowest BCUT2D eigenvalue weighted by molar-refractivity contribution is -0.0361. The summed E-state index contributed by atoms with van der Waals surface area (Å²) in [5.74, 6) is 0. The molecule has 138 valence electrons. The van der Waals surface area contributed by atoms with E-state index in [1.54, 1.807) is 0 Å². The van der Waals surface area contributed by atoms with Crippen molar-refractivity contribution >= 4 is 0 Å². The van der Waals surface area contributed by atoms with Crippen LogP contribution in [0.2, 0.25) is 0 Å². The van der Waals surface area contributed by atoms with Gasteiger partial charge in [-0.1, -0.05) is 91.0 Å². The highest BCUT2D eigenvalue weighted by atomic mass is 16.3. The van der Waals surface area contributed by atoms with Crippen LogP contribution in [0.4, 0.5) is 0 Å². The van der Waals surface area contributed by atoms with Crippen molar-refractivity contribution < 1.29 is 5.11 Å². The van der Waals surface area contributed by atoms with Gasteiger partial charge in [0.15, 0.2) is 0 Å². The van der Waals surface area contributed by atoms with Crippen molar-refractivity contribution in [1.82, 2.24) is 4.90 Å². The molecule has 4 rings (SSSR count). The van der Waals surface area contributed by atoms with Crippen LogP contribution in [0.3, 0.4) is 0 Å². The zero-order valence-corrected chi connectivity index (χ0v) is 15.7. The molecule has 1 aliphatic rings. The quantitative estimate of drug-likeness (QED) is 0.698. The zero-order valence-electron chi connectivity index (χ0n) is 15.7. The van der Waals surface area contributed by atoms with Gasteiger partial charge in [-0.15, -0.1) is 0 Å². The number of aliphatic hydroxyl groups is 1. The van der Waals surface area contributed by atoms with Gasteiger partial charge in [-0.2, -0.15) is 0 Å². The third-order valence-electron chi connectivity index (χ3n) is 5.83. The number of rotatable bonds is 5. The minimum atomic E-state index is -0.703. The first-order chi connectivity index (χ1) is 13.2. The summed E-state index contributed by atoms with van der Waals surface area (Å²) in [5.41, 5.74) is 3.05. The van der Waals surface area contributed by atoms with Crippen molar-refractivity contribution in [1.29, 1.82) is 0 Å². The summed E-state index contributed by atoms with van der Waals surface area (Å²) in [7, 11) is 0. The van der Waals surface area contributed by atoms with Crippen LogP contribution in [0.15, 0.2) is 91.0 Å². The molecule has 1 heterocycles. The normalized spacial score (nSPS) is 18.1. The highest BCUT2D eigenvalue weighted by Crippen LogP contribution is 2.36. The first-order valence-electron chi connectivity index (χ1n) is 9.85. The summed E-state index contributed by atoms with van der Waals surface area (Å²) in [5, 5.41) is 11.2. The molecule has 0 saturated carbocycles. The Morgan fingerprint density at radius 1 is 0.741 bits per heavy atom. The lowest BCUT2D eigenvalue weighted by Crippen LogP contribution is -2.44. The molecular weight excluding hydrogens is 330 g/mol. The van der Waals surface area contributed by atoms with Crippen molar-refractivity contribution in [3.8, 4) is 0 Å².